The maximum Gasteiger partial charge on any atom is 0.288 e. The van der Waals surface area contributed by atoms with Crippen molar-refractivity contribution in [3.63, 3.8) is 0 Å². The molecule has 0 atom stereocenters. The highest BCUT2D eigenvalue weighted by Crippen LogP contribution is 2.00. The summed E-state index contributed by atoms with van der Waals surface area (Å²) in [5.41, 5.74) is 0.944. The summed E-state index contributed by atoms with van der Waals surface area (Å²) in [5.74, 6) is 0. The first-order chi connectivity index (χ1) is 5.86. The molecule has 0 unspecified atom stereocenters. The quantitative estimate of drug-likeness (QED) is 0.557. The number of hydrogen-bond donors (Lipinski definition) is 0. The molecule has 0 N–H and O–H groups in total. The largest absolute Gasteiger partial charge is 0.288 e. The standard InChI is InChI=1S/C8H5N3O/c12-8-5-10-6-2-1-3-9-7(6)4-11-8/h1-5H. The smallest absolute Gasteiger partial charge is 0.266 e. The van der Waals surface area contributed by atoms with Crippen molar-refractivity contribution in [2.24, 2.45) is 0 Å². The van der Waals surface area contributed by atoms with E-state index in [0.29, 0.717) is 11.0 Å². The van der Waals surface area contributed by atoms with Crippen molar-refractivity contribution >= 4 is 11.0 Å². The minimum Gasteiger partial charge on any atom is -0.266 e. The fraction of sp³-hybridized carbons (Fsp3) is 0. The van der Waals surface area contributed by atoms with Gasteiger partial charge in [-0.25, -0.2) is 9.97 Å². The normalized spacial score (nSPS) is 10.0. The monoisotopic (exact) mass is 159 g/mol. The highest BCUT2D eigenvalue weighted by Gasteiger charge is 1.90. The Morgan fingerprint density at radius 3 is 2.83 bits per heavy atom. The Morgan fingerprint density at radius 2 is 1.92 bits per heavy atom. The Balaban J connectivity index is 2.94. The molecular formula is C8H5N3O. The van der Waals surface area contributed by atoms with Crippen molar-refractivity contribution in [1.29, 1.82) is 0 Å². The number of nitrogens with zero attached hydrogens (tertiary/aromatic N) is 3. The molecule has 0 amide bonds. The van der Waals surface area contributed by atoms with E-state index in [0.717, 1.165) is 0 Å². The van der Waals surface area contributed by atoms with Gasteiger partial charge in [0.05, 0.1) is 17.9 Å². The number of rotatable bonds is 0. The SMILES string of the molecule is O=c1cnc2cccnc2cn1. The van der Waals surface area contributed by atoms with Crippen molar-refractivity contribution in [3.05, 3.63) is 41.1 Å². The van der Waals surface area contributed by atoms with Gasteiger partial charge < -0.3 is 0 Å². The van der Waals surface area contributed by atoms with Gasteiger partial charge in [0.25, 0.3) is 5.56 Å². The van der Waals surface area contributed by atoms with Crippen LogP contribution in [-0.4, -0.2) is 15.0 Å². The van der Waals surface area contributed by atoms with E-state index in [1.807, 2.05) is 0 Å². The molecule has 0 spiro atoms. The van der Waals surface area contributed by atoms with E-state index in [1.54, 1.807) is 18.3 Å². The summed E-state index contributed by atoms with van der Waals surface area (Å²) in [7, 11) is 0. The molecule has 0 fully saturated rings. The highest BCUT2D eigenvalue weighted by molar-refractivity contribution is 5.71. The van der Waals surface area contributed by atoms with Gasteiger partial charge in [0.2, 0.25) is 0 Å². The Kier molecular flexibility index (Phi) is 1.51. The molecule has 0 aliphatic heterocycles. The van der Waals surface area contributed by atoms with Gasteiger partial charge in [0, 0.05) is 6.20 Å². The molecule has 0 saturated carbocycles. The van der Waals surface area contributed by atoms with E-state index in [4.69, 9.17) is 0 Å². The lowest BCUT2D eigenvalue weighted by Gasteiger charge is -1.84. The van der Waals surface area contributed by atoms with Crippen LogP contribution in [0, 0.1) is 0 Å². The van der Waals surface area contributed by atoms with E-state index in [9.17, 15) is 4.79 Å². The Labute approximate surface area is 67.9 Å². The first kappa shape index (κ1) is 6.84. The summed E-state index contributed by atoms with van der Waals surface area (Å²) >= 11 is 0. The molecule has 2 aromatic heterocycles. The number of pyridine rings is 1. The first-order valence-corrected chi connectivity index (χ1v) is 3.43. The third-order valence-corrected chi connectivity index (χ3v) is 1.44. The van der Waals surface area contributed by atoms with Crippen molar-refractivity contribution in [1.82, 2.24) is 15.0 Å². The van der Waals surface area contributed by atoms with Crippen LogP contribution in [0.1, 0.15) is 0 Å². The molecule has 4 nitrogen and oxygen atoms in total. The van der Waals surface area contributed by atoms with Crippen molar-refractivity contribution < 1.29 is 0 Å². The average molecular weight is 159 g/mol. The lowest BCUT2D eigenvalue weighted by molar-refractivity contribution is 1.24. The lowest BCUT2D eigenvalue weighted by Crippen LogP contribution is -1.97. The second-order valence-corrected chi connectivity index (χ2v) is 2.26. The van der Waals surface area contributed by atoms with Gasteiger partial charge in [-0.3, -0.25) is 9.78 Å². The maximum absolute atomic E-state index is 10.8. The van der Waals surface area contributed by atoms with Crippen LogP contribution < -0.4 is 5.56 Å². The topological polar surface area (TPSA) is 55.7 Å². The van der Waals surface area contributed by atoms with Crippen LogP contribution in [0.5, 0.6) is 0 Å². The van der Waals surface area contributed by atoms with Crippen molar-refractivity contribution in [3.8, 4) is 0 Å². The highest BCUT2D eigenvalue weighted by atomic mass is 16.1. The zero-order valence-electron chi connectivity index (χ0n) is 6.14. The molecule has 2 rings (SSSR count). The fourth-order valence-corrected chi connectivity index (χ4v) is 0.901. The lowest BCUT2D eigenvalue weighted by atomic mass is 10.4. The molecular weight excluding hydrogens is 154 g/mol. The van der Waals surface area contributed by atoms with Gasteiger partial charge in [-0.2, -0.15) is 0 Å². The number of hydrogen-bond acceptors (Lipinski definition) is 4. The van der Waals surface area contributed by atoms with Gasteiger partial charge in [-0.05, 0) is 12.1 Å². The first-order valence-electron chi connectivity index (χ1n) is 3.43. The third-order valence-electron chi connectivity index (χ3n) is 1.44. The maximum atomic E-state index is 10.8. The van der Waals surface area contributed by atoms with Crippen LogP contribution >= 0.6 is 0 Å². The zero-order chi connectivity index (χ0) is 8.39. The van der Waals surface area contributed by atoms with Gasteiger partial charge in [-0.1, -0.05) is 0 Å². The van der Waals surface area contributed by atoms with Gasteiger partial charge in [0.1, 0.15) is 5.52 Å². The molecule has 0 aliphatic rings. The number of fused-ring (bicyclic) bond motifs is 1. The van der Waals surface area contributed by atoms with Crippen LogP contribution in [0.15, 0.2) is 35.5 Å². The van der Waals surface area contributed by atoms with Gasteiger partial charge in [-0.15, -0.1) is 0 Å². The molecule has 2 heterocycles. The van der Waals surface area contributed by atoms with E-state index in [1.165, 1.54) is 12.4 Å². The fourth-order valence-electron chi connectivity index (χ4n) is 0.901. The molecule has 2 aromatic rings. The molecule has 0 saturated heterocycles. The second-order valence-electron chi connectivity index (χ2n) is 2.26. The van der Waals surface area contributed by atoms with Crippen LogP contribution in [0.3, 0.4) is 0 Å². The average Bonchev–Trinajstić information content (AvgIpc) is 2.29. The Morgan fingerprint density at radius 1 is 1.00 bits per heavy atom. The molecule has 12 heavy (non-hydrogen) atoms. The molecule has 0 aromatic carbocycles. The van der Waals surface area contributed by atoms with E-state index >= 15 is 0 Å². The summed E-state index contributed by atoms with van der Waals surface area (Å²) in [6.45, 7) is 0. The molecule has 4 heteroatoms. The Bertz CT molecular complexity index is 428. The van der Waals surface area contributed by atoms with E-state index in [-0.39, 0.29) is 5.56 Å². The number of aromatic nitrogens is 3. The van der Waals surface area contributed by atoms with Crippen molar-refractivity contribution in [2.45, 2.75) is 0 Å². The third kappa shape index (κ3) is 1.14. The van der Waals surface area contributed by atoms with E-state index in [2.05, 4.69) is 15.0 Å². The molecule has 0 aliphatic carbocycles. The summed E-state index contributed by atoms with van der Waals surface area (Å²) in [4.78, 5) is 22.3. The molecule has 58 valence electrons. The summed E-state index contributed by atoms with van der Waals surface area (Å²) in [6, 6.07) is 3.54. The van der Waals surface area contributed by atoms with Crippen molar-refractivity contribution in [2.75, 3.05) is 0 Å². The minimum atomic E-state index is -0.354. The Hall–Kier alpha value is -1.84. The minimum absolute atomic E-state index is 0.354. The van der Waals surface area contributed by atoms with Crippen LogP contribution in [-0.2, 0) is 0 Å². The van der Waals surface area contributed by atoms with Gasteiger partial charge >= 0.3 is 0 Å². The van der Waals surface area contributed by atoms with Crippen LogP contribution in [0.2, 0.25) is 0 Å². The second kappa shape index (κ2) is 2.65. The summed E-state index contributed by atoms with van der Waals surface area (Å²) < 4.78 is 0. The predicted molar refractivity (Wildman–Crippen MR) is 43.6 cm³/mol. The summed E-state index contributed by atoms with van der Waals surface area (Å²) in [6.07, 6.45) is 4.24. The van der Waals surface area contributed by atoms with E-state index < -0.39 is 0 Å². The van der Waals surface area contributed by atoms with Crippen LogP contribution in [0.25, 0.3) is 11.0 Å². The molecule has 0 bridgehead atoms. The van der Waals surface area contributed by atoms with Crippen LogP contribution in [0.4, 0.5) is 0 Å². The molecule has 0 radical (unpaired) electrons. The summed E-state index contributed by atoms with van der Waals surface area (Å²) in [5, 5.41) is 0. The zero-order valence-corrected chi connectivity index (χ0v) is 6.14. The predicted octanol–water partition coefficient (Wildman–Crippen LogP) is 0.385. The van der Waals surface area contributed by atoms with Gasteiger partial charge in [0.15, 0.2) is 0 Å².